The number of aromatic nitrogens is 4. The Labute approximate surface area is 127 Å². The summed E-state index contributed by atoms with van der Waals surface area (Å²) >= 11 is 1.31. The van der Waals surface area contributed by atoms with Crippen molar-refractivity contribution in [3.8, 4) is 10.7 Å². The maximum atomic E-state index is 12.4. The molecule has 3 aromatic heterocycles. The van der Waals surface area contributed by atoms with Crippen molar-refractivity contribution >= 4 is 11.3 Å². The van der Waals surface area contributed by atoms with Gasteiger partial charge in [-0.15, -0.1) is 11.3 Å². The van der Waals surface area contributed by atoms with Gasteiger partial charge in [0.25, 0.3) is 0 Å². The van der Waals surface area contributed by atoms with Crippen molar-refractivity contribution in [2.75, 3.05) is 0 Å². The molecular weight excluding hydrogens is 317 g/mol. The van der Waals surface area contributed by atoms with Gasteiger partial charge < -0.3 is 4.52 Å². The largest absolute Gasteiger partial charge is 0.471 e. The Morgan fingerprint density at radius 2 is 2.09 bits per heavy atom. The van der Waals surface area contributed by atoms with E-state index in [1.54, 1.807) is 10.7 Å². The standard InChI is InChI=1S/C13H11F3N4OS/c1-2-8-5-6-20(18-8)7-9-3-4-10(22-9)11-17-12(21-19-11)13(14,15)16/h3-6H,2,7H2,1H3. The molecule has 0 aliphatic carbocycles. The maximum absolute atomic E-state index is 12.4. The molecule has 9 heteroatoms. The zero-order valence-corrected chi connectivity index (χ0v) is 12.3. The van der Waals surface area contributed by atoms with Crippen molar-refractivity contribution in [2.24, 2.45) is 0 Å². The Balaban J connectivity index is 1.77. The number of halogens is 3. The third-order valence-electron chi connectivity index (χ3n) is 2.93. The van der Waals surface area contributed by atoms with Crippen LogP contribution in [-0.2, 0) is 19.1 Å². The summed E-state index contributed by atoms with van der Waals surface area (Å²) in [6.45, 7) is 2.57. The van der Waals surface area contributed by atoms with Crippen molar-refractivity contribution in [3.05, 3.63) is 40.9 Å². The zero-order valence-electron chi connectivity index (χ0n) is 11.5. The van der Waals surface area contributed by atoms with Crippen molar-refractivity contribution in [1.29, 1.82) is 0 Å². The van der Waals surface area contributed by atoms with Crippen LogP contribution < -0.4 is 0 Å². The van der Waals surface area contributed by atoms with Gasteiger partial charge in [0.15, 0.2) is 0 Å². The lowest BCUT2D eigenvalue weighted by atomic mass is 10.4. The molecule has 3 heterocycles. The van der Waals surface area contributed by atoms with Crippen LogP contribution in [0.5, 0.6) is 0 Å². The molecule has 0 aliphatic heterocycles. The van der Waals surface area contributed by atoms with E-state index in [1.807, 2.05) is 25.3 Å². The normalized spacial score (nSPS) is 12.0. The van der Waals surface area contributed by atoms with Crippen LogP contribution in [0.2, 0.25) is 0 Å². The van der Waals surface area contributed by atoms with E-state index in [4.69, 9.17) is 0 Å². The van der Waals surface area contributed by atoms with Crippen LogP contribution >= 0.6 is 11.3 Å². The summed E-state index contributed by atoms with van der Waals surface area (Å²) < 4.78 is 43.3. The second-order valence-electron chi connectivity index (χ2n) is 4.55. The van der Waals surface area contributed by atoms with Crippen molar-refractivity contribution in [2.45, 2.75) is 26.1 Å². The summed E-state index contributed by atoms with van der Waals surface area (Å²) in [7, 11) is 0. The van der Waals surface area contributed by atoms with Gasteiger partial charge in [-0.05, 0) is 24.6 Å². The van der Waals surface area contributed by atoms with Crippen LogP contribution in [-0.4, -0.2) is 19.9 Å². The van der Waals surface area contributed by atoms with Gasteiger partial charge in [-0.25, -0.2) is 0 Å². The van der Waals surface area contributed by atoms with Gasteiger partial charge in [0.2, 0.25) is 5.82 Å². The van der Waals surface area contributed by atoms with E-state index in [0.717, 1.165) is 17.0 Å². The van der Waals surface area contributed by atoms with Gasteiger partial charge in [-0.1, -0.05) is 12.1 Å². The van der Waals surface area contributed by atoms with Crippen molar-refractivity contribution < 1.29 is 17.7 Å². The molecule has 0 aliphatic rings. The molecule has 0 radical (unpaired) electrons. The van der Waals surface area contributed by atoms with Gasteiger partial charge in [0.05, 0.1) is 17.1 Å². The molecule has 116 valence electrons. The first-order valence-electron chi connectivity index (χ1n) is 6.48. The van der Waals surface area contributed by atoms with Crippen LogP contribution in [0.4, 0.5) is 13.2 Å². The highest BCUT2D eigenvalue weighted by atomic mass is 32.1. The predicted octanol–water partition coefficient (Wildman–Crippen LogP) is 3.62. The summed E-state index contributed by atoms with van der Waals surface area (Å²) in [5.74, 6) is -1.39. The van der Waals surface area contributed by atoms with Crippen LogP contribution in [0.3, 0.4) is 0 Å². The van der Waals surface area contributed by atoms with E-state index >= 15 is 0 Å². The molecule has 0 spiro atoms. The van der Waals surface area contributed by atoms with Gasteiger partial charge in [-0.2, -0.15) is 23.3 Å². The number of hydrogen-bond acceptors (Lipinski definition) is 5. The summed E-state index contributed by atoms with van der Waals surface area (Å²) in [5, 5.41) is 7.74. The molecule has 0 amide bonds. The van der Waals surface area contributed by atoms with E-state index in [9.17, 15) is 13.2 Å². The number of aryl methyl sites for hydroxylation is 1. The minimum atomic E-state index is -4.63. The zero-order chi connectivity index (χ0) is 15.7. The van der Waals surface area contributed by atoms with Crippen LogP contribution in [0.15, 0.2) is 28.9 Å². The lowest BCUT2D eigenvalue weighted by Gasteiger charge is -1.97. The fourth-order valence-corrected chi connectivity index (χ4v) is 2.79. The molecule has 0 bridgehead atoms. The molecule has 5 nitrogen and oxygen atoms in total. The highest BCUT2D eigenvalue weighted by Gasteiger charge is 2.38. The quantitative estimate of drug-likeness (QED) is 0.734. The number of thiophene rings is 1. The molecule has 0 unspecified atom stereocenters. The third-order valence-corrected chi connectivity index (χ3v) is 3.99. The summed E-state index contributed by atoms with van der Waals surface area (Å²) in [6.07, 6.45) is -1.91. The smallest absolute Gasteiger partial charge is 0.329 e. The fourth-order valence-electron chi connectivity index (χ4n) is 1.86. The Morgan fingerprint density at radius 1 is 1.27 bits per heavy atom. The minimum absolute atomic E-state index is 0.0571. The first-order chi connectivity index (χ1) is 10.5. The molecule has 0 N–H and O–H groups in total. The van der Waals surface area contributed by atoms with E-state index in [1.165, 1.54) is 11.3 Å². The monoisotopic (exact) mass is 328 g/mol. The predicted molar refractivity (Wildman–Crippen MR) is 73.3 cm³/mol. The Morgan fingerprint density at radius 3 is 2.73 bits per heavy atom. The van der Waals surface area contributed by atoms with E-state index < -0.39 is 12.1 Å². The van der Waals surface area contributed by atoms with Crippen LogP contribution in [0.1, 0.15) is 23.4 Å². The highest BCUT2D eigenvalue weighted by Crippen LogP contribution is 2.31. The molecular formula is C13H11F3N4OS. The highest BCUT2D eigenvalue weighted by molar-refractivity contribution is 7.15. The molecule has 22 heavy (non-hydrogen) atoms. The summed E-state index contributed by atoms with van der Waals surface area (Å²) in [4.78, 5) is 4.84. The first-order valence-corrected chi connectivity index (χ1v) is 7.29. The first kappa shape index (κ1) is 14.8. The molecule has 0 fully saturated rings. The number of rotatable bonds is 4. The summed E-state index contributed by atoms with van der Waals surface area (Å²) in [6, 6.07) is 5.43. The van der Waals surface area contributed by atoms with Crippen LogP contribution in [0.25, 0.3) is 10.7 Å². The topological polar surface area (TPSA) is 56.7 Å². The van der Waals surface area contributed by atoms with Crippen molar-refractivity contribution in [3.63, 3.8) is 0 Å². The van der Waals surface area contributed by atoms with Gasteiger partial charge in [0.1, 0.15) is 0 Å². The second kappa shape index (κ2) is 5.56. The molecule has 3 aromatic rings. The molecule has 0 atom stereocenters. The average Bonchev–Trinajstić information content (AvgIpc) is 3.17. The van der Waals surface area contributed by atoms with Gasteiger partial charge in [0, 0.05) is 11.1 Å². The summed E-state index contributed by atoms with van der Waals surface area (Å²) in [5.41, 5.74) is 0.991. The van der Waals surface area contributed by atoms with E-state index in [0.29, 0.717) is 11.4 Å². The van der Waals surface area contributed by atoms with Gasteiger partial charge in [-0.3, -0.25) is 4.68 Å². The average molecular weight is 328 g/mol. The third kappa shape index (κ3) is 3.03. The van der Waals surface area contributed by atoms with Gasteiger partial charge >= 0.3 is 12.1 Å². The van der Waals surface area contributed by atoms with E-state index in [-0.39, 0.29) is 5.82 Å². The minimum Gasteiger partial charge on any atom is -0.329 e. The molecule has 0 aromatic carbocycles. The number of nitrogens with zero attached hydrogens (tertiary/aromatic N) is 4. The van der Waals surface area contributed by atoms with Crippen LogP contribution in [0, 0.1) is 0 Å². The SMILES string of the molecule is CCc1ccn(Cc2ccc(-c3noc(C(F)(F)F)n3)s2)n1. The lowest BCUT2D eigenvalue weighted by Crippen LogP contribution is -2.04. The van der Waals surface area contributed by atoms with E-state index in [2.05, 4.69) is 19.8 Å². The Bertz CT molecular complexity index is 774. The Hall–Kier alpha value is -2.16. The molecule has 0 saturated heterocycles. The number of alkyl halides is 3. The van der Waals surface area contributed by atoms with Crippen molar-refractivity contribution in [1.82, 2.24) is 19.9 Å². The molecule has 0 saturated carbocycles. The molecule has 3 rings (SSSR count). The maximum Gasteiger partial charge on any atom is 0.471 e. The number of hydrogen-bond donors (Lipinski definition) is 0. The Kier molecular flexibility index (Phi) is 3.73. The second-order valence-corrected chi connectivity index (χ2v) is 5.71. The lowest BCUT2D eigenvalue weighted by molar-refractivity contribution is -0.159. The fraction of sp³-hybridized carbons (Fsp3) is 0.308.